The number of sulfonamides is 1. The lowest BCUT2D eigenvalue weighted by Gasteiger charge is -2.18. The number of nitrogens with zero attached hydrogens (tertiary/aromatic N) is 2. The van der Waals surface area contributed by atoms with E-state index >= 15 is 0 Å². The second-order valence-electron chi connectivity index (χ2n) is 5.48. The quantitative estimate of drug-likeness (QED) is 0.860. The number of benzene rings is 1. The molecule has 0 bridgehead atoms. The topological polar surface area (TPSA) is 59.5 Å². The van der Waals surface area contributed by atoms with Crippen molar-refractivity contribution in [1.29, 1.82) is 0 Å². The first kappa shape index (κ1) is 15.9. The smallest absolute Gasteiger partial charge is 0.243 e. The molecule has 122 valence electrons. The summed E-state index contributed by atoms with van der Waals surface area (Å²) in [5.41, 5.74) is 0.406. The first-order valence-electron chi connectivity index (χ1n) is 7.30. The van der Waals surface area contributed by atoms with Crippen LogP contribution < -0.4 is 4.74 Å². The normalized spacial score (nSPS) is 19.0. The maximum absolute atomic E-state index is 13.2. The average molecular weight is 336 g/mol. The summed E-state index contributed by atoms with van der Waals surface area (Å²) >= 11 is 0. The summed E-state index contributed by atoms with van der Waals surface area (Å²) in [5.74, 6) is 0.226. The molecular weight excluding hydrogens is 319 g/mol. The van der Waals surface area contributed by atoms with Crippen molar-refractivity contribution in [3.8, 4) is 5.75 Å². The van der Waals surface area contributed by atoms with Gasteiger partial charge in [0.05, 0.1) is 11.4 Å². The summed E-state index contributed by atoms with van der Waals surface area (Å²) in [5, 5.41) is 0. The van der Waals surface area contributed by atoms with Crippen molar-refractivity contribution in [1.82, 2.24) is 9.29 Å². The van der Waals surface area contributed by atoms with Crippen molar-refractivity contribution in [3.63, 3.8) is 0 Å². The molecule has 0 unspecified atom stereocenters. The van der Waals surface area contributed by atoms with Gasteiger partial charge < -0.3 is 4.74 Å². The molecule has 5 nitrogen and oxygen atoms in total. The molecule has 0 aliphatic carbocycles. The zero-order chi connectivity index (χ0) is 16.4. The molecule has 0 N–H and O–H groups in total. The Labute approximate surface area is 134 Å². The molecule has 23 heavy (non-hydrogen) atoms. The van der Waals surface area contributed by atoms with Crippen molar-refractivity contribution in [2.75, 3.05) is 13.1 Å². The van der Waals surface area contributed by atoms with E-state index in [1.165, 1.54) is 22.5 Å². The molecule has 1 aromatic carbocycles. The van der Waals surface area contributed by atoms with Gasteiger partial charge in [-0.15, -0.1) is 0 Å². The summed E-state index contributed by atoms with van der Waals surface area (Å²) in [7, 11) is -3.64. The Hall–Kier alpha value is -1.99. The van der Waals surface area contributed by atoms with E-state index in [0.29, 0.717) is 24.3 Å². The Bertz CT molecular complexity index is 796. The minimum absolute atomic E-state index is 0.142. The number of aryl methyl sites for hydroxylation is 1. The number of aromatic nitrogens is 1. The van der Waals surface area contributed by atoms with Crippen LogP contribution in [0.3, 0.4) is 0 Å². The predicted molar refractivity (Wildman–Crippen MR) is 83.2 cm³/mol. The van der Waals surface area contributed by atoms with Crippen molar-refractivity contribution in [2.24, 2.45) is 0 Å². The van der Waals surface area contributed by atoms with E-state index in [4.69, 9.17) is 4.74 Å². The first-order valence-corrected chi connectivity index (χ1v) is 8.74. The molecule has 0 radical (unpaired) electrons. The molecule has 1 saturated heterocycles. The molecule has 0 amide bonds. The van der Waals surface area contributed by atoms with Gasteiger partial charge in [-0.1, -0.05) is 0 Å². The summed E-state index contributed by atoms with van der Waals surface area (Å²) in [6, 6.07) is 7.19. The number of hydrogen-bond donors (Lipinski definition) is 0. The van der Waals surface area contributed by atoms with E-state index in [1.807, 2.05) is 0 Å². The Morgan fingerprint density at radius 1 is 1.26 bits per heavy atom. The second-order valence-corrected chi connectivity index (χ2v) is 7.39. The maximum atomic E-state index is 13.2. The van der Waals surface area contributed by atoms with Crippen LogP contribution in [-0.2, 0) is 10.0 Å². The fraction of sp³-hybridized carbons (Fsp3) is 0.312. The Balaban J connectivity index is 1.75. The summed E-state index contributed by atoms with van der Waals surface area (Å²) in [4.78, 5) is 4.06. The SMILES string of the molecule is Cc1cc(F)ccc1S(=O)(=O)N1CC[C@@H](Oc2ccncc2)C1. The Morgan fingerprint density at radius 2 is 2.00 bits per heavy atom. The summed E-state index contributed by atoms with van der Waals surface area (Å²) < 4.78 is 45.8. The lowest BCUT2D eigenvalue weighted by molar-refractivity contribution is 0.215. The maximum Gasteiger partial charge on any atom is 0.243 e. The predicted octanol–water partition coefficient (Wildman–Crippen LogP) is 2.37. The van der Waals surface area contributed by atoms with Gasteiger partial charge in [0.1, 0.15) is 17.7 Å². The van der Waals surface area contributed by atoms with Gasteiger partial charge in [0.25, 0.3) is 0 Å². The van der Waals surface area contributed by atoms with Gasteiger partial charge >= 0.3 is 0 Å². The standard InChI is InChI=1S/C16H17FN2O3S/c1-12-10-13(17)2-3-16(12)23(20,21)19-9-6-15(11-19)22-14-4-7-18-8-5-14/h2-5,7-8,10,15H,6,9,11H2,1H3/t15-/m1/s1. The van der Waals surface area contributed by atoms with E-state index < -0.39 is 15.8 Å². The van der Waals surface area contributed by atoms with Gasteiger partial charge in [-0.2, -0.15) is 4.31 Å². The van der Waals surface area contributed by atoms with Crippen LogP contribution in [0.15, 0.2) is 47.6 Å². The monoisotopic (exact) mass is 336 g/mol. The molecule has 1 aromatic heterocycles. The minimum atomic E-state index is -3.64. The molecule has 3 rings (SSSR count). The highest BCUT2D eigenvalue weighted by Crippen LogP contribution is 2.26. The number of ether oxygens (including phenoxy) is 1. The molecule has 1 aliphatic rings. The zero-order valence-corrected chi connectivity index (χ0v) is 13.5. The summed E-state index contributed by atoms with van der Waals surface area (Å²) in [6.07, 6.45) is 3.66. The van der Waals surface area contributed by atoms with Crippen molar-refractivity contribution < 1.29 is 17.5 Å². The molecule has 7 heteroatoms. The van der Waals surface area contributed by atoms with Gasteiger partial charge in [0, 0.05) is 18.9 Å². The average Bonchev–Trinajstić information content (AvgIpc) is 2.97. The highest BCUT2D eigenvalue weighted by atomic mass is 32.2. The number of rotatable bonds is 4. The van der Waals surface area contributed by atoms with E-state index in [1.54, 1.807) is 31.5 Å². The van der Waals surface area contributed by atoms with Crippen molar-refractivity contribution in [3.05, 3.63) is 54.1 Å². The van der Waals surface area contributed by atoms with Gasteiger partial charge in [-0.05, 0) is 49.2 Å². The molecule has 1 aliphatic heterocycles. The highest BCUT2D eigenvalue weighted by Gasteiger charge is 2.34. The Kier molecular flexibility index (Phi) is 4.32. The molecule has 2 heterocycles. The Morgan fingerprint density at radius 3 is 2.70 bits per heavy atom. The van der Waals surface area contributed by atoms with Crippen molar-refractivity contribution >= 4 is 10.0 Å². The fourth-order valence-corrected chi connectivity index (χ4v) is 4.36. The van der Waals surface area contributed by atoms with Gasteiger partial charge in [-0.25, -0.2) is 12.8 Å². The lowest BCUT2D eigenvalue weighted by Crippen LogP contribution is -2.31. The molecule has 2 aromatic rings. The molecule has 0 spiro atoms. The van der Waals surface area contributed by atoms with Gasteiger partial charge in [0.2, 0.25) is 10.0 Å². The van der Waals surface area contributed by atoms with E-state index in [2.05, 4.69) is 4.98 Å². The summed E-state index contributed by atoms with van der Waals surface area (Å²) in [6.45, 7) is 2.26. The first-order chi connectivity index (χ1) is 11.0. The van der Waals surface area contributed by atoms with Crippen LogP contribution in [0, 0.1) is 12.7 Å². The van der Waals surface area contributed by atoms with Crippen LogP contribution in [0.2, 0.25) is 0 Å². The molecular formula is C16H17FN2O3S. The van der Waals surface area contributed by atoms with E-state index in [-0.39, 0.29) is 17.5 Å². The number of pyridine rings is 1. The molecule has 1 fully saturated rings. The van der Waals surface area contributed by atoms with E-state index in [0.717, 1.165) is 0 Å². The zero-order valence-electron chi connectivity index (χ0n) is 12.6. The van der Waals surface area contributed by atoms with E-state index in [9.17, 15) is 12.8 Å². The van der Waals surface area contributed by atoms with Gasteiger partial charge in [0.15, 0.2) is 0 Å². The third kappa shape index (κ3) is 3.35. The molecule has 1 atom stereocenters. The largest absolute Gasteiger partial charge is 0.489 e. The third-order valence-electron chi connectivity index (χ3n) is 3.82. The van der Waals surface area contributed by atoms with Crippen LogP contribution in [0.4, 0.5) is 4.39 Å². The van der Waals surface area contributed by atoms with Gasteiger partial charge in [-0.3, -0.25) is 4.98 Å². The number of hydrogen-bond acceptors (Lipinski definition) is 4. The third-order valence-corrected chi connectivity index (χ3v) is 5.84. The second kappa shape index (κ2) is 6.25. The van der Waals surface area contributed by atoms with Crippen LogP contribution >= 0.6 is 0 Å². The fourth-order valence-electron chi connectivity index (χ4n) is 2.66. The van der Waals surface area contributed by atoms with Crippen LogP contribution in [0.25, 0.3) is 0 Å². The van der Waals surface area contributed by atoms with Crippen LogP contribution in [0.5, 0.6) is 5.75 Å². The number of halogens is 1. The minimum Gasteiger partial charge on any atom is -0.489 e. The molecule has 0 saturated carbocycles. The van der Waals surface area contributed by atoms with Crippen LogP contribution in [0.1, 0.15) is 12.0 Å². The highest BCUT2D eigenvalue weighted by molar-refractivity contribution is 7.89. The lowest BCUT2D eigenvalue weighted by atomic mass is 10.2. The van der Waals surface area contributed by atoms with Crippen molar-refractivity contribution in [2.45, 2.75) is 24.3 Å². The van der Waals surface area contributed by atoms with Crippen LogP contribution in [-0.4, -0.2) is 36.9 Å².